The van der Waals surface area contributed by atoms with Gasteiger partial charge in [0.2, 0.25) is 5.91 Å². The third-order valence-electron chi connectivity index (χ3n) is 1.63. The normalized spacial score (nSPS) is 12.7. The minimum Gasteiger partial charge on any atom is -0.393 e. The largest absolute Gasteiger partial charge is 0.393 e. The van der Waals surface area contributed by atoms with Gasteiger partial charge in [0.15, 0.2) is 0 Å². The van der Waals surface area contributed by atoms with Crippen LogP contribution in [0.4, 0.5) is 0 Å². The first-order chi connectivity index (χ1) is 5.57. The van der Waals surface area contributed by atoms with E-state index in [4.69, 9.17) is 5.11 Å². The Kier molecular flexibility index (Phi) is 6.20. The molecule has 72 valence electrons. The average molecular weight is 191 g/mol. The molecule has 0 radical (unpaired) electrons. The number of hydrogen-bond acceptors (Lipinski definition) is 3. The molecule has 1 atom stereocenters. The monoisotopic (exact) mass is 191 g/mol. The molecule has 1 unspecified atom stereocenters. The van der Waals surface area contributed by atoms with Gasteiger partial charge in [0.1, 0.15) is 0 Å². The molecule has 3 nitrogen and oxygen atoms in total. The van der Waals surface area contributed by atoms with Crippen molar-refractivity contribution in [2.75, 3.05) is 19.3 Å². The predicted molar refractivity (Wildman–Crippen MR) is 52.4 cm³/mol. The minimum absolute atomic E-state index is 0.0886. The van der Waals surface area contributed by atoms with Gasteiger partial charge in [0, 0.05) is 20.0 Å². The number of rotatable bonds is 5. The van der Waals surface area contributed by atoms with Gasteiger partial charge in [-0.05, 0) is 19.1 Å². The fourth-order valence-corrected chi connectivity index (χ4v) is 0.983. The topological polar surface area (TPSA) is 40.5 Å². The summed E-state index contributed by atoms with van der Waals surface area (Å²) in [4.78, 5) is 12.8. The molecular weight excluding hydrogens is 174 g/mol. The first-order valence-corrected chi connectivity index (χ1v) is 4.74. The van der Waals surface area contributed by atoms with Crippen molar-refractivity contribution in [3.05, 3.63) is 0 Å². The molecule has 0 aliphatic carbocycles. The lowest BCUT2D eigenvalue weighted by Crippen LogP contribution is -2.29. The molecule has 0 rings (SSSR count). The standard InChI is InChI=1S/C8H17NO2S/c1-7(10)3-5-9(2)8(11)4-6-12/h7,10,12H,3-6H2,1-2H3. The smallest absolute Gasteiger partial charge is 0.223 e. The molecule has 0 saturated heterocycles. The highest BCUT2D eigenvalue weighted by atomic mass is 32.1. The second-order valence-corrected chi connectivity index (χ2v) is 3.37. The second kappa shape index (κ2) is 6.31. The van der Waals surface area contributed by atoms with Crippen molar-refractivity contribution in [2.45, 2.75) is 25.9 Å². The molecular formula is C8H17NO2S. The molecule has 0 saturated carbocycles. The summed E-state index contributed by atoms with van der Waals surface area (Å²) < 4.78 is 0. The van der Waals surface area contributed by atoms with Gasteiger partial charge in [-0.3, -0.25) is 4.79 Å². The van der Waals surface area contributed by atoms with Crippen LogP contribution < -0.4 is 0 Å². The van der Waals surface area contributed by atoms with Crippen LogP contribution in [0.1, 0.15) is 19.8 Å². The SMILES string of the molecule is CC(O)CCN(C)C(=O)CCS. The van der Waals surface area contributed by atoms with Gasteiger partial charge in [0.05, 0.1) is 6.10 Å². The molecule has 0 heterocycles. The van der Waals surface area contributed by atoms with E-state index in [0.717, 1.165) is 0 Å². The Morgan fingerprint density at radius 2 is 2.25 bits per heavy atom. The third-order valence-corrected chi connectivity index (χ3v) is 1.86. The van der Waals surface area contributed by atoms with Crippen molar-refractivity contribution in [2.24, 2.45) is 0 Å². The maximum absolute atomic E-state index is 11.2. The molecule has 0 aliphatic rings. The molecule has 0 aromatic heterocycles. The van der Waals surface area contributed by atoms with E-state index in [1.165, 1.54) is 0 Å². The lowest BCUT2D eigenvalue weighted by molar-refractivity contribution is -0.129. The number of thiol groups is 1. The summed E-state index contributed by atoms with van der Waals surface area (Å²) in [5, 5.41) is 8.96. The third kappa shape index (κ3) is 5.43. The molecule has 0 aromatic rings. The van der Waals surface area contributed by atoms with Gasteiger partial charge in [-0.2, -0.15) is 12.6 Å². The van der Waals surface area contributed by atoms with Gasteiger partial charge < -0.3 is 10.0 Å². The van der Waals surface area contributed by atoms with Gasteiger partial charge >= 0.3 is 0 Å². The number of hydrogen-bond donors (Lipinski definition) is 2. The van der Waals surface area contributed by atoms with E-state index >= 15 is 0 Å². The van der Waals surface area contributed by atoms with Crippen LogP contribution >= 0.6 is 12.6 Å². The van der Waals surface area contributed by atoms with E-state index in [9.17, 15) is 4.79 Å². The summed E-state index contributed by atoms with van der Waals surface area (Å²) in [6.07, 6.45) is 0.769. The fourth-order valence-electron chi connectivity index (χ4n) is 0.792. The Bertz CT molecular complexity index is 139. The molecule has 0 bridgehead atoms. The first kappa shape index (κ1) is 11.8. The highest BCUT2D eigenvalue weighted by molar-refractivity contribution is 7.80. The summed E-state index contributed by atoms with van der Waals surface area (Å²) in [6, 6.07) is 0. The van der Waals surface area contributed by atoms with E-state index in [2.05, 4.69) is 12.6 Å². The highest BCUT2D eigenvalue weighted by Crippen LogP contribution is 1.97. The van der Waals surface area contributed by atoms with Crippen molar-refractivity contribution in [1.29, 1.82) is 0 Å². The van der Waals surface area contributed by atoms with E-state index < -0.39 is 0 Å². The molecule has 1 amide bonds. The molecule has 0 aromatic carbocycles. The Morgan fingerprint density at radius 1 is 1.67 bits per heavy atom. The maximum Gasteiger partial charge on any atom is 0.223 e. The Labute approximate surface area is 79.2 Å². The number of aliphatic hydroxyl groups is 1. The summed E-state index contributed by atoms with van der Waals surface area (Å²) in [6.45, 7) is 2.33. The van der Waals surface area contributed by atoms with Crippen LogP contribution in [-0.4, -0.2) is 41.4 Å². The zero-order valence-electron chi connectivity index (χ0n) is 7.66. The van der Waals surface area contributed by atoms with E-state index in [-0.39, 0.29) is 12.0 Å². The average Bonchev–Trinajstić information content (AvgIpc) is 2.00. The lowest BCUT2D eigenvalue weighted by atomic mass is 10.2. The highest BCUT2D eigenvalue weighted by Gasteiger charge is 2.07. The van der Waals surface area contributed by atoms with Crippen LogP contribution in [0, 0.1) is 0 Å². The zero-order valence-corrected chi connectivity index (χ0v) is 8.55. The van der Waals surface area contributed by atoms with Crippen LogP contribution in [0.5, 0.6) is 0 Å². The summed E-state index contributed by atoms with van der Waals surface area (Å²) in [5.41, 5.74) is 0. The van der Waals surface area contributed by atoms with Gasteiger partial charge in [0.25, 0.3) is 0 Å². The Balaban J connectivity index is 3.56. The molecule has 0 spiro atoms. The summed E-state index contributed by atoms with van der Waals surface area (Å²) in [7, 11) is 1.74. The molecule has 0 fully saturated rings. The number of nitrogens with zero attached hydrogens (tertiary/aromatic N) is 1. The van der Waals surface area contributed by atoms with Gasteiger partial charge in [-0.1, -0.05) is 0 Å². The quantitative estimate of drug-likeness (QED) is 0.623. The number of carbonyl (C=O) groups is 1. The molecule has 1 N–H and O–H groups in total. The zero-order chi connectivity index (χ0) is 9.56. The lowest BCUT2D eigenvalue weighted by Gasteiger charge is -2.17. The number of aliphatic hydroxyl groups excluding tert-OH is 1. The van der Waals surface area contributed by atoms with Gasteiger partial charge in [-0.25, -0.2) is 0 Å². The molecule has 12 heavy (non-hydrogen) atoms. The predicted octanol–water partition coefficient (Wildman–Crippen LogP) is 0.536. The van der Waals surface area contributed by atoms with Gasteiger partial charge in [-0.15, -0.1) is 0 Å². The Morgan fingerprint density at radius 3 is 2.67 bits per heavy atom. The number of carbonyl (C=O) groups excluding carboxylic acids is 1. The van der Waals surface area contributed by atoms with E-state index in [0.29, 0.717) is 25.1 Å². The van der Waals surface area contributed by atoms with Crippen molar-refractivity contribution in [1.82, 2.24) is 4.90 Å². The molecule has 4 heteroatoms. The second-order valence-electron chi connectivity index (χ2n) is 2.93. The summed E-state index contributed by atoms with van der Waals surface area (Å²) >= 11 is 3.97. The Hall–Kier alpha value is -0.220. The van der Waals surface area contributed by atoms with E-state index in [1.54, 1.807) is 18.9 Å². The minimum atomic E-state index is -0.337. The van der Waals surface area contributed by atoms with E-state index in [1.807, 2.05) is 0 Å². The molecule has 0 aliphatic heterocycles. The number of amides is 1. The van der Waals surface area contributed by atoms with Crippen LogP contribution in [0.3, 0.4) is 0 Å². The summed E-state index contributed by atoms with van der Waals surface area (Å²) in [5.74, 6) is 0.670. The maximum atomic E-state index is 11.2. The first-order valence-electron chi connectivity index (χ1n) is 4.10. The van der Waals surface area contributed by atoms with Crippen LogP contribution in [0.15, 0.2) is 0 Å². The van der Waals surface area contributed by atoms with Crippen molar-refractivity contribution < 1.29 is 9.90 Å². The van der Waals surface area contributed by atoms with Crippen LogP contribution in [-0.2, 0) is 4.79 Å². The van der Waals surface area contributed by atoms with Crippen molar-refractivity contribution in [3.8, 4) is 0 Å². The van der Waals surface area contributed by atoms with Crippen molar-refractivity contribution >= 4 is 18.5 Å². The van der Waals surface area contributed by atoms with Crippen molar-refractivity contribution in [3.63, 3.8) is 0 Å². The van der Waals surface area contributed by atoms with Crippen LogP contribution in [0.25, 0.3) is 0 Å². The fraction of sp³-hybridized carbons (Fsp3) is 0.875. The van der Waals surface area contributed by atoms with Crippen LogP contribution in [0.2, 0.25) is 0 Å².